The molecule has 0 aliphatic carbocycles. The van der Waals surface area contributed by atoms with Crippen LogP contribution in [0.5, 0.6) is 5.75 Å². The molecule has 24 heavy (non-hydrogen) atoms. The van der Waals surface area contributed by atoms with Gasteiger partial charge in [-0.15, -0.1) is 11.8 Å². The van der Waals surface area contributed by atoms with E-state index in [-0.39, 0.29) is 5.91 Å². The van der Waals surface area contributed by atoms with Gasteiger partial charge in [0.05, 0.1) is 12.9 Å². The number of rotatable bonds is 5. The van der Waals surface area contributed by atoms with Crippen molar-refractivity contribution in [2.24, 2.45) is 0 Å². The SMILES string of the molecule is COc1ccc(C2CCN(C(=O)CSc3ccc(Br)cc3)C2)cc1. The number of hydrogen-bond acceptors (Lipinski definition) is 3. The first-order valence-electron chi connectivity index (χ1n) is 7.96. The van der Waals surface area contributed by atoms with E-state index < -0.39 is 0 Å². The van der Waals surface area contributed by atoms with E-state index in [9.17, 15) is 4.79 Å². The number of halogens is 1. The van der Waals surface area contributed by atoms with Crippen LogP contribution in [-0.2, 0) is 4.79 Å². The van der Waals surface area contributed by atoms with Crippen LogP contribution in [0.2, 0.25) is 0 Å². The number of amides is 1. The number of likely N-dealkylation sites (tertiary alicyclic amines) is 1. The lowest BCUT2D eigenvalue weighted by Gasteiger charge is -2.16. The van der Waals surface area contributed by atoms with E-state index in [0.29, 0.717) is 11.7 Å². The van der Waals surface area contributed by atoms with Gasteiger partial charge in [0.15, 0.2) is 0 Å². The largest absolute Gasteiger partial charge is 0.497 e. The fourth-order valence-corrected chi connectivity index (χ4v) is 3.97. The summed E-state index contributed by atoms with van der Waals surface area (Å²) in [5, 5.41) is 0. The Hall–Kier alpha value is -1.46. The molecule has 1 fully saturated rings. The highest BCUT2D eigenvalue weighted by atomic mass is 79.9. The summed E-state index contributed by atoms with van der Waals surface area (Å²) in [4.78, 5) is 15.5. The van der Waals surface area contributed by atoms with Crippen LogP contribution in [0, 0.1) is 0 Å². The maximum absolute atomic E-state index is 12.4. The molecule has 1 atom stereocenters. The Balaban J connectivity index is 1.52. The van der Waals surface area contributed by atoms with Crippen LogP contribution in [0.3, 0.4) is 0 Å². The highest BCUT2D eigenvalue weighted by molar-refractivity contribution is 9.10. The van der Waals surface area contributed by atoms with Crippen molar-refractivity contribution in [3.05, 3.63) is 58.6 Å². The van der Waals surface area contributed by atoms with Gasteiger partial charge in [-0.3, -0.25) is 4.79 Å². The van der Waals surface area contributed by atoms with Crippen molar-refractivity contribution in [2.45, 2.75) is 17.2 Å². The molecule has 5 heteroatoms. The number of carbonyl (C=O) groups is 1. The van der Waals surface area contributed by atoms with Gasteiger partial charge in [-0.2, -0.15) is 0 Å². The second kappa shape index (κ2) is 8.08. The van der Waals surface area contributed by atoms with Crippen LogP contribution >= 0.6 is 27.7 Å². The maximum Gasteiger partial charge on any atom is 0.232 e. The second-order valence-corrected chi connectivity index (χ2v) is 7.81. The van der Waals surface area contributed by atoms with Crippen LogP contribution in [0.15, 0.2) is 57.9 Å². The first kappa shape index (κ1) is 17.4. The number of nitrogens with zero attached hydrogens (tertiary/aromatic N) is 1. The first-order valence-corrected chi connectivity index (χ1v) is 9.73. The summed E-state index contributed by atoms with van der Waals surface area (Å²) in [7, 11) is 1.67. The molecule has 2 aromatic carbocycles. The van der Waals surface area contributed by atoms with Crippen molar-refractivity contribution in [1.82, 2.24) is 4.90 Å². The smallest absolute Gasteiger partial charge is 0.232 e. The first-order chi connectivity index (χ1) is 11.7. The van der Waals surface area contributed by atoms with Gasteiger partial charge in [0.2, 0.25) is 5.91 Å². The third-order valence-corrected chi connectivity index (χ3v) is 5.83. The third kappa shape index (κ3) is 4.33. The van der Waals surface area contributed by atoms with Crippen molar-refractivity contribution in [1.29, 1.82) is 0 Å². The summed E-state index contributed by atoms with van der Waals surface area (Å²) in [5.74, 6) is 2.02. The zero-order valence-corrected chi connectivity index (χ0v) is 16.0. The van der Waals surface area contributed by atoms with Crippen LogP contribution < -0.4 is 4.74 Å². The van der Waals surface area contributed by atoms with Gasteiger partial charge < -0.3 is 9.64 Å². The molecule has 1 aliphatic heterocycles. The highest BCUT2D eigenvalue weighted by Crippen LogP contribution is 2.29. The van der Waals surface area contributed by atoms with Gasteiger partial charge in [0.25, 0.3) is 0 Å². The lowest BCUT2D eigenvalue weighted by molar-refractivity contribution is -0.127. The number of thioether (sulfide) groups is 1. The predicted octanol–water partition coefficient (Wildman–Crippen LogP) is 4.57. The molecule has 0 N–H and O–H groups in total. The Morgan fingerprint density at radius 2 is 1.92 bits per heavy atom. The molecule has 0 saturated carbocycles. The fraction of sp³-hybridized carbons (Fsp3) is 0.316. The van der Waals surface area contributed by atoms with E-state index in [1.165, 1.54) is 5.56 Å². The Bertz CT molecular complexity index is 688. The van der Waals surface area contributed by atoms with E-state index in [4.69, 9.17) is 4.74 Å². The average Bonchev–Trinajstić information content (AvgIpc) is 3.11. The molecule has 3 nitrogen and oxygen atoms in total. The van der Waals surface area contributed by atoms with Crippen LogP contribution in [0.4, 0.5) is 0 Å². The summed E-state index contributed by atoms with van der Waals surface area (Å²) in [5.41, 5.74) is 1.28. The molecule has 126 valence electrons. The zero-order chi connectivity index (χ0) is 16.9. The van der Waals surface area contributed by atoms with E-state index >= 15 is 0 Å². The van der Waals surface area contributed by atoms with Crippen molar-refractivity contribution in [2.75, 3.05) is 26.0 Å². The molecule has 1 aliphatic rings. The van der Waals surface area contributed by atoms with Crippen molar-refractivity contribution in [3.63, 3.8) is 0 Å². The fourth-order valence-electron chi connectivity index (χ4n) is 2.90. The van der Waals surface area contributed by atoms with Crippen molar-refractivity contribution >= 4 is 33.6 Å². The second-order valence-electron chi connectivity index (χ2n) is 5.84. The molecule has 1 unspecified atom stereocenters. The molecule has 3 rings (SSSR count). The minimum atomic E-state index is 0.221. The number of benzene rings is 2. The molecule has 1 heterocycles. The molecule has 0 aromatic heterocycles. The quantitative estimate of drug-likeness (QED) is 0.682. The van der Waals surface area contributed by atoms with Gasteiger partial charge in [-0.05, 0) is 48.4 Å². The minimum absolute atomic E-state index is 0.221. The van der Waals surface area contributed by atoms with E-state index in [1.54, 1.807) is 18.9 Å². The van der Waals surface area contributed by atoms with E-state index in [2.05, 4.69) is 28.1 Å². The molecular weight excluding hydrogens is 386 g/mol. The number of hydrogen-bond donors (Lipinski definition) is 0. The van der Waals surface area contributed by atoms with E-state index in [1.807, 2.05) is 41.3 Å². The standard InChI is InChI=1S/C19H20BrNO2S/c1-23-17-6-2-14(3-7-17)15-10-11-21(12-15)19(22)13-24-18-8-4-16(20)5-9-18/h2-9,15H,10-13H2,1H3. The summed E-state index contributed by atoms with van der Waals surface area (Å²) in [6.07, 6.45) is 1.03. The van der Waals surface area contributed by atoms with Crippen LogP contribution in [0.1, 0.15) is 17.9 Å². The molecule has 0 spiro atoms. The third-order valence-electron chi connectivity index (χ3n) is 4.30. The summed E-state index contributed by atoms with van der Waals surface area (Å²) in [6.45, 7) is 1.66. The summed E-state index contributed by atoms with van der Waals surface area (Å²) < 4.78 is 6.26. The molecule has 1 saturated heterocycles. The van der Waals surface area contributed by atoms with Crippen molar-refractivity contribution in [3.8, 4) is 5.75 Å². The zero-order valence-electron chi connectivity index (χ0n) is 13.6. The Labute approximate surface area is 155 Å². The summed E-state index contributed by atoms with van der Waals surface area (Å²) in [6, 6.07) is 16.3. The molecular formula is C19H20BrNO2S. The number of carbonyl (C=O) groups excluding carboxylic acids is 1. The number of ether oxygens (including phenoxy) is 1. The Morgan fingerprint density at radius 3 is 2.58 bits per heavy atom. The lowest BCUT2D eigenvalue weighted by atomic mass is 9.98. The molecule has 2 aromatic rings. The van der Waals surface area contributed by atoms with Gasteiger partial charge in [-0.1, -0.05) is 28.1 Å². The number of methoxy groups -OCH3 is 1. The normalized spacial score (nSPS) is 17.1. The average molecular weight is 406 g/mol. The monoisotopic (exact) mass is 405 g/mol. The maximum atomic E-state index is 12.4. The van der Waals surface area contributed by atoms with Gasteiger partial charge in [0, 0.05) is 28.4 Å². The minimum Gasteiger partial charge on any atom is -0.497 e. The topological polar surface area (TPSA) is 29.5 Å². The summed E-state index contributed by atoms with van der Waals surface area (Å²) >= 11 is 5.02. The van der Waals surface area contributed by atoms with Crippen molar-refractivity contribution < 1.29 is 9.53 Å². The molecule has 0 bridgehead atoms. The molecule has 1 amide bonds. The van der Waals surface area contributed by atoms with Gasteiger partial charge in [-0.25, -0.2) is 0 Å². The highest BCUT2D eigenvalue weighted by Gasteiger charge is 2.27. The van der Waals surface area contributed by atoms with E-state index in [0.717, 1.165) is 34.6 Å². The van der Waals surface area contributed by atoms with Crippen LogP contribution in [-0.4, -0.2) is 36.8 Å². The van der Waals surface area contributed by atoms with Gasteiger partial charge >= 0.3 is 0 Å². The van der Waals surface area contributed by atoms with Crippen LogP contribution in [0.25, 0.3) is 0 Å². The molecule has 0 radical (unpaired) electrons. The Kier molecular flexibility index (Phi) is 5.85. The van der Waals surface area contributed by atoms with Gasteiger partial charge in [0.1, 0.15) is 5.75 Å². The Morgan fingerprint density at radius 1 is 1.21 bits per heavy atom. The lowest BCUT2D eigenvalue weighted by Crippen LogP contribution is -2.29. The predicted molar refractivity (Wildman–Crippen MR) is 102 cm³/mol.